The van der Waals surface area contributed by atoms with Crippen molar-refractivity contribution in [3.05, 3.63) is 35.6 Å². The summed E-state index contributed by atoms with van der Waals surface area (Å²) >= 11 is 0. The quantitative estimate of drug-likeness (QED) is 0.842. The van der Waals surface area contributed by atoms with Gasteiger partial charge in [-0.2, -0.15) is 0 Å². The fraction of sp³-hybridized carbons (Fsp3) is 0.647. The molecule has 20 heavy (non-hydrogen) atoms. The molecule has 1 spiro atoms. The maximum absolute atomic E-state index is 13.4. The first-order valence-corrected chi connectivity index (χ1v) is 7.73. The van der Waals surface area contributed by atoms with Gasteiger partial charge in [0.2, 0.25) is 0 Å². The lowest BCUT2D eigenvalue weighted by Gasteiger charge is -2.48. The van der Waals surface area contributed by atoms with Gasteiger partial charge in [-0.1, -0.05) is 19.1 Å². The molecule has 1 saturated heterocycles. The largest absolute Gasteiger partial charge is 0.370 e. The third kappa shape index (κ3) is 2.75. The number of benzene rings is 1. The topological polar surface area (TPSA) is 21.3 Å². The molecular formula is C17H24FNO. The standard InChI is InChI=1S/C17H24FNO/c1-12-6-8-17(9-7-12)11-20-16(13(2)19-17)14-4-3-5-15(18)10-14/h3-5,10,12-13,16,19H,6-9,11H2,1-2H3. The molecule has 0 amide bonds. The molecular weight excluding hydrogens is 253 g/mol. The Morgan fingerprint density at radius 3 is 2.65 bits per heavy atom. The van der Waals surface area contributed by atoms with Gasteiger partial charge >= 0.3 is 0 Å². The number of halogens is 1. The van der Waals surface area contributed by atoms with Gasteiger partial charge in [0.1, 0.15) is 5.82 Å². The van der Waals surface area contributed by atoms with E-state index in [2.05, 4.69) is 19.2 Å². The molecule has 3 heteroatoms. The van der Waals surface area contributed by atoms with E-state index in [0.29, 0.717) is 0 Å². The van der Waals surface area contributed by atoms with Crippen LogP contribution in [0.5, 0.6) is 0 Å². The lowest BCUT2D eigenvalue weighted by atomic mass is 9.76. The van der Waals surface area contributed by atoms with Crippen LogP contribution in [0.15, 0.2) is 24.3 Å². The van der Waals surface area contributed by atoms with E-state index in [-0.39, 0.29) is 23.5 Å². The Morgan fingerprint density at radius 1 is 1.25 bits per heavy atom. The highest BCUT2D eigenvalue weighted by Crippen LogP contribution is 2.38. The minimum Gasteiger partial charge on any atom is -0.370 e. The van der Waals surface area contributed by atoms with Crippen LogP contribution in [0.3, 0.4) is 0 Å². The number of nitrogens with one attached hydrogen (secondary N) is 1. The van der Waals surface area contributed by atoms with Crippen LogP contribution in [-0.2, 0) is 4.74 Å². The molecule has 2 atom stereocenters. The van der Waals surface area contributed by atoms with E-state index in [1.54, 1.807) is 12.1 Å². The minimum absolute atomic E-state index is 0.0457. The number of morpholine rings is 1. The van der Waals surface area contributed by atoms with Crippen molar-refractivity contribution in [3.8, 4) is 0 Å². The second-order valence-corrected chi connectivity index (χ2v) is 6.68. The van der Waals surface area contributed by atoms with Crippen LogP contribution in [0.2, 0.25) is 0 Å². The Balaban J connectivity index is 1.71. The molecule has 2 unspecified atom stereocenters. The van der Waals surface area contributed by atoms with Gasteiger partial charge in [0.05, 0.1) is 12.7 Å². The molecule has 3 rings (SSSR count). The van der Waals surface area contributed by atoms with Gasteiger partial charge in [-0.3, -0.25) is 0 Å². The van der Waals surface area contributed by atoms with Crippen molar-refractivity contribution < 1.29 is 9.13 Å². The van der Waals surface area contributed by atoms with Crippen LogP contribution in [0.4, 0.5) is 4.39 Å². The summed E-state index contributed by atoms with van der Waals surface area (Å²) in [7, 11) is 0. The van der Waals surface area contributed by atoms with Crippen molar-refractivity contribution in [3.63, 3.8) is 0 Å². The maximum atomic E-state index is 13.4. The van der Waals surface area contributed by atoms with Gasteiger partial charge in [0.15, 0.2) is 0 Å². The van der Waals surface area contributed by atoms with E-state index >= 15 is 0 Å². The first kappa shape index (κ1) is 14.0. The predicted octanol–water partition coefficient (Wildman–Crippen LogP) is 3.82. The number of rotatable bonds is 1. The summed E-state index contributed by atoms with van der Waals surface area (Å²) in [6.45, 7) is 5.22. The highest BCUT2D eigenvalue weighted by molar-refractivity contribution is 5.21. The van der Waals surface area contributed by atoms with Crippen molar-refractivity contribution in [2.24, 2.45) is 5.92 Å². The second kappa shape index (κ2) is 5.45. The number of hydrogen-bond acceptors (Lipinski definition) is 2. The summed E-state index contributed by atoms with van der Waals surface area (Å²) < 4.78 is 19.5. The average Bonchev–Trinajstić information content (AvgIpc) is 2.43. The van der Waals surface area contributed by atoms with E-state index in [0.717, 1.165) is 18.1 Å². The molecule has 110 valence electrons. The Labute approximate surface area is 120 Å². The first-order valence-electron chi connectivity index (χ1n) is 7.73. The molecule has 1 N–H and O–H groups in total. The zero-order valence-electron chi connectivity index (χ0n) is 12.4. The lowest BCUT2D eigenvalue weighted by molar-refractivity contribution is -0.0747. The summed E-state index contributed by atoms with van der Waals surface area (Å²) in [5, 5.41) is 3.77. The van der Waals surface area contributed by atoms with Crippen molar-refractivity contribution in [2.75, 3.05) is 6.61 Å². The summed E-state index contributed by atoms with van der Waals surface area (Å²) in [5.74, 6) is 0.642. The van der Waals surface area contributed by atoms with Crippen molar-refractivity contribution in [1.29, 1.82) is 0 Å². The van der Waals surface area contributed by atoms with Gasteiger partial charge in [-0.05, 0) is 56.2 Å². The van der Waals surface area contributed by atoms with Crippen LogP contribution >= 0.6 is 0 Å². The van der Waals surface area contributed by atoms with Crippen LogP contribution in [0, 0.1) is 11.7 Å². The van der Waals surface area contributed by atoms with Crippen molar-refractivity contribution in [1.82, 2.24) is 5.32 Å². The van der Waals surface area contributed by atoms with Gasteiger partial charge < -0.3 is 10.1 Å². The zero-order chi connectivity index (χ0) is 14.2. The van der Waals surface area contributed by atoms with Gasteiger partial charge in [-0.15, -0.1) is 0 Å². The third-order valence-corrected chi connectivity index (χ3v) is 4.94. The maximum Gasteiger partial charge on any atom is 0.123 e. The number of hydrogen-bond donors (Lipinski definition) is 1. The molecule has 2 fully saturated rings. The van der Waals surface area contributed by atoms with Gasteiger partial charge in [-0.25, -0.2) is 4.39 Å². The minimum atomic E-state index is -0.190. The molecule has 0 bridgehead atoms. The molecule has 2 aliphatic rings. The molecule has 1 aliphatic heterocycles. The fourth-order valence-electron chi connectivity index (χ4n) is 3.67. The fourth-order valence-corrected chi connectivity index (χ4v) is 3.67. The molecule has 0 aromatic heterocycles. The monoisotopic (exact) mass is 277 g/mol. The summed E-state index contributed by atoms with van der Waals surface area (Å²) in [6, 6.07) is 7.00. The van der Waals surface area contributed by atoms with E-state index < -0.39 is 0 Å². The van der Waals surface area contributed by atoms with Gasteiger partial charge in [0, 0.05) is 11.6 Å². The Hall–Kier alpha value is -0.930. The second-order valence-electron chi connectivity index (χ2n) is 6.68. The van der Waals surface area contributed by atoms with Gasteiger partial charge in [0.25, 0.3) is 0 Å². The van der Waals surface area contributed by atoms with Crippen LogP contribution in [0.25, 0.3) is 0 Å². The van der Waals surface area contributed by atoms with Crippen molar-refractivity contribution in [2.45, 2.75) is 57.2 Å². The zero-order valence-corrected chi connectivity index (χ0v) is 12.4. The third-order valence-electron chi connectivity index (χ3n) is 4.94. The summed E-state index contributed by atoms with van der Waals surface area (Å²) in [6.07, 6.45) is 4.88. The molecule has 1 aromatic rings. The van der Waals surface area contributed by atoms with E-state index in [1.807, 2.05) is 6.07 Å². The summed E-state index contributed by atoms with van der Waals surface area (Å²) in [5.41, 5.74) is 1.08. The van der Waals surface area contributed by atoms with E-state index in [1.165, 1.54) is 31.7 Å². The highest BCUT2D eigenvalue weighted by atomic mass is 19.1. The van der Waals surface area contributed by atoms with E-state index in [9.17, 15) is 4.39 Å². The Bertz CT molecular complexity index is 468. The Morgan fingerprint density at radius 2 is 2.00 bits per heavy atom. The smallest absolute Gasteiger partial charge is 0.123 e. The predicted molar refractivity (Wildman–Crippen MR) is 78.1 cm³/mol. The first-order chi connectivity index (χ1) is 9.58. The average molecular weight is 277 g/mol. The molecule has 0 radical (unpaired) electrons. The van der Waals surface area contributed by atoms with E-state index in [4.69, 9.17) is 4.74 Å². The summed E-state index contributed by atoms with van der Waals surface area (Å²) in [4.78, 5) is 0. The van der Waals surface area contributed by atoms with Crippen molar-refractivity contribution >= 4 is 0 Å². The lowest BCUT2D eigenvalue weighted by Crippen LogP contribution is -2.60. The molecule has 2 nitrogen and oxygen atoms in total. The molecule has 1 aliphatic carbocycles. The Kier molecular flexibility index (Phi) is 3.83. The molecule has 1 aromatic carbocycles. The van der Waals surface area contributed by atoms with Crippen LogP contribution in [-0.4, -0.2) is 18.2 Å². The highest BCUT2D eigenvalue weighted by Gasteiger charge is 2.41. The SMILES string of the molecule is CC1CCC2(CC1)COC(c1cccc(F)c1)C(C)N2. The number of ether oxygens (including phenoxy) is 1. The van der Waals surface area contributed by atoms with Crippen LogP contribution in [0.1, 0.15) is 51.2 Å². The normalized spacial score (nSPS) is 38.0. The molecule has 1 heterocycles. The molecule has 1 saturated carbocycles. The van der Waals surface area contributed by atoms with Crippen LogP contribution < -0.4 is 5.32 Å².